The van der Waals surface area contributed by atoms with Crippen LogP contribution in [-0.2, 0) is 4.79 Å². The molecule has 0 saturated carbocycles. The summed E-state index contributed by atoms with van der Waals surface area (Å²) in [6.07, 6.45) is 2.30. The van der Waals surface area contributed by atoms with Crippen LogP contribution in [0.5, 0.6) is 23.0 Å². The van der Waals surface area contributed by atoms with Crippen molar-refractivity contribution in [2.45, 2.75) is 13.3 Å². The Morgan fingerprint density at radius 1 is 1.00 bits per heavy atom. The Hall–Kier alpha value is -3.75. The van der Waals surface area contributed by atoms with Gasteiger partial charge in [0.1, 0.15) is 0 Å². The summed E-state index contributed by atoms with van der Waals surface area (Å²) >= 11 is 0. The number of hydrazone groups is 1. The maximum absolute atomic E-state index is 12.3. The molecule has 0 aliphatic rings. The molecule has 166 valence electrons. The van der Waals surface area contributed by atoms with Crippen molar-refractivity contribution in [2.24, 2.45) is 5.10 Å². The lowest BCUT2D eigenvalue weighted by atomic mass is 10.2. The summed E-state index contributed by atoms with van der Waals surface area (Å²) in [6.45, 7) is 2.28. The van der Waals surface area contributed by atoms with Gasteiger partial charge in [-0.15, -0.1) is 0 Å². The average Bonchev–Trinajstić information content (AvgIpc) is 2.80. The standard InChI is InChI=1S/C22H27N3O6/c1-5-11-31-21-16(7-6-8-18(21)29-3)13-24-25-20(26)14-23-22(27)15-9-10-17(28-2)19(12-15)30-4/h6-10,12-13H,5,11,14H2,1-4H3,(H,23,27)(H,25,26). The van der Waals surface area contributed by atoms with Crippen molar-refractivity contribution in [3.63, 3.8) is 0 Å². The third-order valence-corrected chi connectivity index (χ3v) is 4.13. The van der Waals surface area contributed by atoms with E-state index in [4.69, 9.17) is 18.9 Å². The van der Waals surface area contributed by atoms with Crippen LogP contribution >= 0.6 is 0 Å². The van der Waals surface area contributed by atoms with Crippen molar-refractivity contribution in [3.8, 4) is 23.0 Å². The van der Waals surface area contributed by atoms with Crippen molar-refractivity contribution >= 4 is 18.0 Å². The molecule has 2 aromatic carbocycles. The molecular formula is C22H27N3O6. The predicted molar refractivity (Wildman–Crippen MR) is 116 cm³/mol. The molecule has 0 unspecified atom stereocenters. The molecule has 2 N–H and O–H groups in total. The molecule has 0 radical (unpaired) electrons. The molecule has 9 heteroatoms. The molecule has 0 fully saturated rings. The molecule has 2 amide bonds. The number of methoxy groups -OCH3 is 3. The Labute approximate surface area is 181 Å². The van der Waals surface area contributed by atoms with E-state index in [1.807, 2.05) is 6.92 Å². The number of benzene rings is 2. The molecule has 0 saturated heterocycles. The van der Waals surface area contributed by atoms with Gasteiger partial charge < -0.3 is 24.3 Å². The van der Waals surface area contributed by atoms with Crippen LogP contribution in [0.3, 0.4) is 0 Å². The van der Waals surface area contributed by atoms with E-state index >= 15 is 0 Å². The van der Waals surface area contributed by atoms with E-state index < -0.39 is 11.8 Å². The van der Waals surface area contributed by atoms with Crippen LogP contribution in [0.15, 0.2) is 41.5 Å². The van der Waals surface area contributed by atoms with Crippen molar-refractivity contribution in [1.82, 2.24) is 10.7 Å². The molecular weight excluding hydrogens is 402 g/mol. The van der Waals surface area contributed by atoms with Crippen LogP contribution in [-0.4, -0.2) is 52.5 Å². The van der Waals surface area contributed by atoms with Crippen LogP contribution < -0.4 is 29.7 Å². The van der Waals surface area contributed by atoms with Gasteiger partial charge in [-0.25, -0.2) is 5.43 Å². The quantitative estimate of drug-likeness (QED) is 0.420. The first-order valence-corrected chi connectivity index (χ1v) is 9.65. The van der Waals surface area contributed by atoms with Crippen LogP contribution in [0, 0.1) is 0 Å². The number of para-hydroxylation sites is 1. The van der Waals surface area contributed by atoms with Gasteiger partial charge in [-0.05, 0) is 36.8 Å². The lowest BCUT2D eigenvalue weighted by Crippen LogP contribution is -2.34. The second kappa shape index (κ2) is 12.1. The Bertz CT molecular complexity index is 929. The fourth-order valence-electron chi connectivity index (χ4n) is 2.61. The largest absolute Gasteiger partial charge is 0.493 e. The van der Waals surface area contributed by atoms with Gasteiger partial charge in [0, 0.05) is 11.1 Å². The van der Waals surface area contributed by atoms with Crippen LogP contribution in [0.4, 0.5) is 0 Å². The van der Waals surface area contributed by atoms with Gasteiger partial charge in [0.25, 0.3) is 11.8 Å². The zero-order valence-corrected chi connectivity index (χ0v) is 18.1. The van der Waals surface area contributed by atoms with E-state index in [9.17, 15) is 9.59 Å². The smallest absolute Gasteiger partial charge is 0.259 e. The molecule has 0 aromatic heterocycles. The summed E-state index contributed by atoms with van der Waals surface area (Å²) in [5, 5.41) is 6.47. The zero-order chi connectivity index (χ0) is 22.6. The van der Waals surface area contributed by atoms with E-state index in [1.54, 1.807) is 37.4 Å². The number of rotatable bonds is 11. The van der Waals surface area contributed by atoms with Crippen molar-refractivity contribution < 1.29 is 28.5 Å². The van der Waals surface area contributed by atoms with Crippen LogP contribution in [0.25, 0.3) is 0 Å². The van der Waals surface area contributed by atoms with Gasteiger partial charge in [0.05, 0.1) is 40.7 Å². The molecule has 0 spiro atoms. The highest BCUT2D eigenvalue weighted by Crippen LogP contribution is 2.30. The monoisotopic (exact) mass is 429 g/mol. The molecule has 0 heterocycles. The number of carbonyl (C=O) groups is 2. The van der Waals surface area contributed by atoms with Gasteiger partial charge in [0.2, 0.25) is 0 Å². The molecule has 0 bridgehead atoms. The Morgan fingerprint density at radius 3 is 2.42 bits per heavy atom. The minimum absolute atomic E-state index is 0.248. The zero-order valence-electron chi connectivity index (χ0n) is 18.1. The van der Waals surface area contributed by atoms with E-state index in [-0.39, 0.29) is 6.54 Å². The van der Waals surface area contributed by atoms with Gasteiger partial charge in [-0.1, -0.05) is 13.0 Å². The summed E-state index contributed by atoms with van der Waals surface area (Å²) in [5.74, 6) is 1.14. The second-order valence-corrected chi connectivity index (χ2v) is 6.27. The number of nitrogens with one attached hydrogen (secondary N) is 2. The summed E-state index contributed by atoms with van der Waals surface area (Å²) in [7, 11) is 4.54. The minimum Gasteiger partial charge on any atom is -0.493 e. The predicted octanol–water partition coefficient (Wildman–Crippen LogP) is 2.38. The second-order valence-electron chi connectivity index (χ2n) is 6.27. The lowest BCUT2D eigenvalue weighted by Gasteiger charge is -2.12. The Morgan fingerprint density at radius 2 is 1.74 bits per heavy atom. The minimum atomic E-state index is -0.482. The molecule has 9 nitrogen and oxygen atoms in total. The topological polar surface area (TPSA) is 107 Å². The molecule has 0 atom stereocenters. The first-order chi connectivity index (χ1) is 15.0. The molecule has 2 rings (SSSR count). The van der Waals surface area contributed by atoms with E-state index in [1.165, 1.54) is 26.5 Å². The highest BCUT2D eigenvalue weighted by atomic mass is 16.5. The highest BCUT2D eigenvalue weighted by molar-refractivity contribution is 5.97. The SMILES string of the molecule is CCCOc1c(C=NNC(=O)CNC(=O)c2ccc(OC)c(OC)c2)cccc1OC. The fourth-order valence-corrected chi connectivity index (χ4v) is 2.61. The number of hydrogen-bond acceptors (Lipinski definition) is 7. The number of ether oxygens (including phenoxy) is 4. The van der Waals surface area contributed by atoms with Crippen molar-refractivity contribution in [2.75, 3.05) is 34.5 Å². The number of nitrogens with zero attached hydrogens (tertiary/aromatic N) is 1. The third kappa shape index (κ3) is 6.63. The Balaban J connectivity index is 1.94. The van der Waals surface area contributed by atoms with E-state index in [2.05, 4.69) is 15.8 Å². The van der Waals surface area contributed by atoms with Crippen molar-refractivity contribution in [1.29, 1.82) is 0 Å². The molecule has 0 aliphatic carbocycles. The molecule has 0 aliphatic heterocycles. The van der Waals surface area contributed by atoms with Gasteiger partial charge in [-0.3, -0.25) is 9.59 Å². The number of hydrogen-bond donors (Lipinski definition) is 2. The molecule has 2 aromatic rings. The summed E-state index contributed by atoms with van der Waals surface area (Å²) < 4.78 is 21.4. The third-order valence-electron chi connectivity index (χ3n) is 4.13. The summed E-state index contributed by atoms with van der Waals surface area (Å²) in [5.41, 5.74) is 3.37. The summed E-state index contributed by atoms with van der Waals surface area (Å²) in [6, 6.07) is 10.1. The van der Waals surface area contributed by atoms with Crippen molar-refractivity contribution in [3.05, 3.63) is 47.5 Å². The van der Waals surface area contributed by atoms with Gasteiger partial charge in [-0.2, -0.15) is 5.10 Å². The first kappa shape index (κ1) is 23.5. The van der Waals surface area contributed by atoms with E-state index in [0.29, 0.717) is 40.7 Å². The van der Waals surface area contributed by atoms with E-state index in [0.717, 1.165) is 6.42 Å². The first-order valence-electron chi connectivity index (χ1n) is 9.65. The number of carbonyl (C=O) groups excluding carboxylic acids is 2. The van der Waals surface area contributed by atoms with Gasteiger partial charge in [0.15, 0.2) is 23.0 Å². The normalized spacial score (nSPS) is 10.5. The molecule has 31 heavy (non-hydrogen) atoms. The highest BCUT2D eigenvalue weighted by Gasteiger charge is 2.12. The Kier molecular flexibility index (Phi) is 9.15. The average molecular weight is 429 g/mol. The van der Waals surface area contributed by atoms with Crippen LogP contribution in [0.1, 0.15) is 29.3 Å². The maximum Gasteiger partial charge on any atom is 0.259 e. The van der Waals surface area contributed by atoms with Crippen LogP contribution in [0.2, 0.25) is 0 Å². The fraction of sp³-hybridized carbons (Fsp3) is 0.318. The maximum atomic E-state index is 12.3. The number of amides is 2. The lowest BCUT2D eigenvalue weighted by molar-refractivity contribution is -0.120. The van der Waals surface area contributed by atoms with Gasteiger partial charge >= 0.3 is 0 Å². The summed E-state index contributed by atoms with van der Waals surface area (Å²) in [4.78, 5) is 24.3.